The maximum absolute atomic E-state index is 12.6. The van der Waals surface area contributed by atoms with Crippen LogP contribution in [0.3, 0.4) is 0 Å². The van der Waals surface area contributed by atoms with Gasteiger partial charge in [0.25, 0.3) is 0 Å². The third-order valence-corrected chi connectivity index (χ3v) is 4.31. The van der Waals surface area contributed by atoms with E-state index in [1.165, 1.54) is 0 Å². The fraction of sp³-hybridized carbons (Fsp3) is 0.526. The minimum Gasteiger partial charge on any atom is -0.337 e. The standard InChI is InChI=1S/C19H26N2O/c1-5-15-6-8-16(9-7-15)10-11-18(22)21-13-12-20-14-17(21)19(2,3)4/h1,6-9,17,20H,10-14H2,2-4H3. The van der Waals surface area contributed by atoms with Crippen LogP contribution in [0.4, 0.5) is 0 Å². The number of terminal acetylenes is 1. The lowest BCUT2D eigenvalue weighted by molar-refractivity contribution is -0.137. The molecule has 1 unspecified atom stereocenters. The number of hydrogen-bond donors (Lipinski definition) is 1. The van der Waals surface area contributed by atoms with E-state index >= 15 is 0 Å². The van der Waals surface area contributed by atoms with Gasteiger partial charge in [0, 0.05) is 37.7 Å². The van der Waals surface area contributed by atoms with Crippen LogP contribution in [0, 0.1) is 17.8 Å². The smallest absolute Gasteiger partial charge is 0.223 e. The molecule has 1 fully saturated rings. The van der Waals surface area contributed by atoms with Crippen LogP contribution in [0.5, 0.6) is 0 Å². The summed E-state index contributed by atoms with van der Waals surface area (Å²) >= 11 is 0. The molecule has 1 amide bonds. The Morgan fingerprint density at radius 3 is 2.64 bits per heavy atom. The first-order valence-corrected chi connectivity index (χ1v) is 7.97. The summed E-state index contributed by atoms with van der Waals surface area (Å²) in [5.74, 6) is 2.86. The van der Waals surface area contributed by atoms with Gasteiger partial charge in [0.1, 0.15) is 0 Å². The summed E-state index contributed by atoms with van der Waals surface area (Å²) < 4.78 is 0. The summed E-state index contributed by atoms with van der Waals surface area (Å²) in [6, 6.07) is 8.16. The van der Waals surface area contributed by atoms with Gasteiger partial charge >= 0.3 is 0 Å². The van der Waals surface area contributed by atoms with Crippen LogP contribution in [0.25, 0.3) is 0 Å². The molecule has 1 aliphatic heterocycles. The van der Waals surface area contributed by atoms with Gasteiger partial charge in [0.15, 0.2) is 0 Å². The van der Waals surface area contributed by atoms with E-state index in [0.29, 0.717) is 6.42 Å². The molecule has 3 heteroatoms. The summed E-state index contributed by atoms with van der Waals surface area (Å²) in [5.41, 5.74) is 2.14. The van der Waals surface area contributed by atoms with E-state index in [4.69, 9.17) is 6.42 Å². The molecule has 0 aliphatic carbocycles. The lowest BCUT2D eigenvalue weighted by Crippen LogP contribution is -2.58. The molecule has 2 rings (SSSR count). The van der Waals surface area contributed by atoms with Gasteiger partial charge in [-0.25, -0.2) is 0 Å². The van der Waals surface area contributed by atoms with Gasteiger partial charge in [0.05, 0.1) is 0 Å². The van der Waals surface area contributed by atoms with Crippen molar-refractivity contribution >= 4 is 5.91 Å². The highest BCUT2D eigenvalue weighted by Gasteiger charge is 2.34. The Bertz CT molecular complexity index is 548. The summed E-state index contributed by atoms with van der Waals surface area (Å²) in [7, 11) is 0. The predicted octanol–water partition coefficient (Wildman–Crippen LogP) is 2.45. The summed E-state index contributed by atoms with van der Waals surface area (Å²) in [5, 5.41) is 3.40. The highest BCUT2D eigenvalue weighted by Crippen LogP contribution is 2.26. The zero-order valence-corrected chi connectivity index (χ0v) is 13.9. The predicted molar refractivity (Wildman–Crippen MR) is 90.5 cm³/mol. The molecule has 0 radical (unpaired) electrons. The summed E-state index contributed by atoms with van der Waals surface area (Å²) in [6.07, 6.45) is 6.68. The maximum Gasteiger partial charge on any atom is 0.223 e. The van der Waals surface area contributed by atoms with E-state index in [0.717, 1.165) is 37.2 Å². The van der Waals surface area contributed by atoms with Gasteiger partial charge in [0.2, 0.25) is 5.91 Å². The van der Waals surface area contributed by atoms with Gasteiger partial charge in [-0.3, -0.25) is 4.79 Å². The van der Waals surface area contributed by atoms with Crippen molar-refractivity contribution in [3.63, 3.8) is 0 Å². The molecule has 1 saturated heterocycles. The quantitative estimate of drug-likeness (QED) is 0.869. The third-order valence-electron chi connectivity index (χ3n) is 4.31. The lowest BCUT2D eigenvalue weighted by atomic mass is 9.84. The number of aryl methyl sites for hydroxylation is 1. The topological polar surface area (TPSA) is 32.3 Å². The monoisotopic (exact) mass is 298 g/mol. The number of amides is 1. The first-order valence-electron chi connectivity index (χ1n) is 7.97. The lowest BCUT2D eigenvalue weighted by Gasteiger charge is -2.43. The average Bonchev–Trinajstić information content (AvgIpc) is 2.52. The zero-order valence-electron chi connectivity index (χ0n) is 13.9. The number of rotatable bonds is 3. The zero-order chi connectivity index (χ0) is 16.2. The van der Waals surface area contributed by atoms with Crippen molar-refractivity contribution in [3.8, 4) is 12.3 Å². The Kier molecular flexibility index (Phi) is 5.26. The molecule has 0 aromatic heterocycles. The Morgan fingerprint density at radius 1 is 1.36 bits per heavy atom. The minimum atomic E-state index is 0.0948. The fourth-order valence-electron chi connectivity index (χ4n) is 2.94. The van der Waals surface area contributed by atoms with Crippen molar-refractivity contribution < 1.29 is 4.79 Å². The van der Waals surface area contributed by atoms with Gasteiger partial charge < -0.3 is 10.2 Å². The molecule has 1 aromatic carbocycles. The number of carbonyl (C=O) groups excluding carboxylic acids is 1. The number of piperazine rings is 1. The first kappa shape index (κ1) is 16.6. The number of nitrogens with one attached hydrogen (secondary N) is 1. The average molecular weight is 298 g/mol. The van der Waals surface area contributed by atoms with E-state index in [9.17, 15) is 4.79 Å². The van der Waals surface area contributed by atoms with Crippen LogP contribution in [-0.2, 0) is 11.2 Å². The van der Waals surface area contributed by atoms with Crippen molar-refractivity contribution in [2.24, 2.45) is 5.41 Å². The van der Waals surface area contributed by atoms with Gasteiger partial charge in [-0.15, -0.1) is 6.42 Å². The Labute approximate surface area is 134 Å². The molecule has 1 N–H and O–H groups in total. The second-order valence-electron chi connectivity index (χ2n) is 7.01. The van der Waals surface area contributed by atoms with Crippen LogP contribution >= 0.6 is 0 Å². The van der Waals surface area contributed by atoms with Gasteiger partial charge in [-0.05, 0) is 29.5 Å². The van der Waals surface area contributed by atoms with E-state index in [1.54, 1.807) is 0 Å². The van der Waals surface area contributed by atoms with E-state index in [2.05, 4.69) is 36.9 Å². The van der Waals surface area contributed by atoms with Crippen molar-refractivity contribution in [2.75, 3.05) is 19.6 Å². The molecular weight excluding hydrogens is 272 g/mol. The molecule has 1 aliphatic rings. The molecule has 22 heavy (non-hydrogen) atoms. The number of benzene rings is 1. The highest BCUT2D eigenvalue weighted by atomic mass is 16.2. The van der Waals surface area contributed by atoms with Crippen LogP contribution in [-0.4, -0.2) is 36.5 Å². The van der Waals surface area contributed by atoms with E-state index < -0.39 is 0 Å². The van der Waals surface area contributed by atoms with Crippen LogP contribution in [0.2, 0.25) is 0 Å². The largest absolute Gasteiger partial charge is 0.337 e. The fourth-order valence-corrected chi connectivity index (χ4v) is 2.94. The van der Waals surface area contributed by atoms with Crippen LogP contribution in [0.15, 0.2) is 24.3 Å². The molecule has 1 aromatic rings. The molecule has 0 spiro atoms. The normalized spacial score (nSPS) is 18.8. The Morgan fingerprint density at radius 2 is 2.05 bits per heavy atom. The molecule has 3 nitrogen and oxygen atoms in total. The molecular formula is C19H26N2O. The first-order chi connectivity index (χ1) is 10.4. The Balaban J connectivity index is 1.96. The molecule has 0 saturated carbocycles. The summed E-state index contributed by atoms with van der Waals surface area (Å²) in [6.45, 7) is 9.16. The van der Waals surface area contributed by atoms with E-state index in [1.807, 2.05) is 24.3 Å². The Hall–Kier alpha value is -1.79. The van der Waals surface area contributed by atoms with Gasteiger partial charge in [-0.1, -0.05) is 38.8 Å². The van der Waals surface area contributed by atoms with Crippen molar-refractivity contribution in [3.05, 3.63) is 35.4 Å². The van der Waals surface area contributed by atoms with Crippen molar-refractivity contribution in [1.82, 2.24) is 10.2 Å². The SMILES string of the molecule is C#Cc1ccc(CCC(=O)N2CCNCC2C(C)(C)C)cc1. The second kappa shape index (κ2) is 6.98. The summed E-state index contributed by atoms with van der Waals surface area (Å²) in [4.78, 5) is 14.7. The number of carbonyl (C=O) groups is 1. The van der Waals surface area contributed by atoms with Crippen LogP contribution < -0.4 is 5.32 Å². The molecule has 1 atom stereocenters. The molecule has 1 heterocycles. The molecule has 0 bridgehead atoms. The third kappa shape index (κ3) is 4.11. The number of nitrogens with zero attached hydrogens (tertiary/aromatic N) is 1. The minimum absolute atomic E-state index is 0.0948. The van der Waals surface area contributed by atoms with E-state index in [-0.39, 0.29) is 17.4 Å². The van der Waals surface area contributed by atoms with Crippen LogP contribution in [0.1, 0.15) is 38.3 Å². The van der Waals surface area contributed by atoms with Crippen molar-refractivity contribution in [2.45, 2.75) is 39.7 Å². The number of hydrogen-bond acceptors (Lipinski definition) is 2. The van der Waals surface area contributed by atoms with Crippen molar-refractivity contribution in [1.29, 1.82) is 0 Å². The highest BCUT2D eigenvalue weighted by molar-refractivity contribution is 5.77. The maximum atomic E-state index is 12.6. The van der Waals surface area contributed by atoms with Gasteiger partial charge in [-0.2, -0.15) is 0 Å². The molecule has 118 valence electrons. The second-order valence-corrected chi connectivity index (χ2v) is 7.01.